The molecule has 0 fully saturated rings. The van der Waals surface area contributed by atoms with Crippen LogP contribution in [-0.4, -0.2) is 43.0 Å². The molecule has 154 valence electrons. The van der Waals surface area contributed by atoms with E-state index in [1.54, 1.807) is 47.2 Å². The minimum atomic E-state index is -0.319. The quantitative estimate of drug-likeness (QED) is 0.501. The first kappa shape index (κ1) is 18.7. The number of hydrogen-bond acceptors (Lipinski definition) is 6. The summed E-state index contributed by atoms with van der Waals surface area (Å²) in [6, 6.07) is 14.0. The third-order valence-electron chi connectivity index (χ3n) is 5.22. The van der Waals surface area contributed by atoms with Crippen molar-refractivity contribution in [3.8, 4) is 17.1 Å². The average Bonchev–Trinajstić information content (AvgIpc) is 3.45. The molecular weight excluding hydrogens is 398 g/mol. The predicted molar refractivity (Wildman–Crippen MR) is 110 cm³/mol. The van der Waals surface area contributed by atoms with Crippen LogP contribution in [0.5, 0.6) is 0 Å². The van der Waals surface area contributed by atoms with E-state index in [0.717, 1.165) is 5.69 Å². The van der Waals surface area contributed by atoms with Crippen molar-refractivity contribution in [3.05, 3.63) is 87.9 Å². The fourth-order valence-corrected chi connectivity index (χ4v) is 3.68. The van der Waals surface area contributed by atoms with Gasteiger partial charge in [0.15, 0.2) is 0 Å². The molecule has 9 nitrogen and oxygen atoms in total. The van der Waals surface area contributed by atoms with E-state index in [9.17, 15) is 14.4 Å². The van der Waals surface area contributed by atoms with Crippen molar-refractivity contribution in [2.45, 2.75) is 13.3 Å². The van der Waals surface area contributed by atoms with Gasteiger partial charge >= 0.3 is 5.69 Å². The number of aromatic amines is 1. The fraction of sp³-hybridized carbons (Fsp3) is 0.136. The SMILES string of the molecule is Cc1c[nH]c(=O)n1-c1cccc(-c2noc(CCN3C(=O)c4ccccc4C3=O)n2)c1. The summed E-state index contributed by atoms with van der Waals surface area (Å²) < 4.78 is 6.87. The van der Waals surface area contributed by atoms with Crippen molar-refractivity contribution in [1.82, 2.24) is 24.6 Å². The van der Waals surface area contributed by atoms with Gasteiger partial charge in [0.2, 0.25) is 11.7 Å². The lowest BCUT2D eigenvalue weighted by Gasteiger charge is -2.11. The number of imidazole rings is 1. The Morgan fingerprint density at radius 1 is 1.00 bits per heavy atom. The number of rotatable bonds is 5. The summed E-state index contributed by atoms with van der Waals surface area (Å²) in [4.78, 5) is 45.2. The number of fused-ring (bicyclic) bond motifs is 1. The predicted octanol–water partition coefficient (Wildman–Crippen LogP) is 2.36. The Labute approximate surface area is 175 Å². The zero-order valence-corrected chi connectivity index (χ0v) is 16.5. The molecular formula is C22H17N5O4. The Bertz CT molecular complexity index is 1350. The molecule has 0 atom stereocenters. The van der Waals surface area contributed by atoms with E-state index in [-0.39, 0.29) is 30.5 Å². The molecule has 1 aliphatic heterocycles. The minimum absolute atomic E-state index is 0.145. The number of imide groups is 1. The lowest BCUT2D eigenvalue weighted by molar-refractivity contribution is 0.0653. The summed E-state index contributed by atoms with van der Waals surface area (Å²) in [6.07, 6.45) is 1.88. The number of nitrogens with zero attached hydrogens (tertiary/aromatic N) is 4. The maximum absolute atomic E-state index is 12.5. The van der Waals surface area contributed by atoms with Crippen LogP contribution in [0.4, 0.5) is 0 Å². The molecule has 1 N–H and O–H groups in total. The summed E-state index contributed by atoms with van der Waals surface area (Å²) in [5.74, 6) is 0.0353. The second kappa shape index (κ2) is 7.21. The third-order valence-corrected chi connectivity index (χ3v) is 5.22. The summed E-state index contributed by atoms with van der Waals surface area (Å²) in [6.45, 7) is 1.97. The van der Waals surface area contributed by atoms with Gasteiger partial charge in [-0.05, 0) is 31.2 Å². The number of aromatic nitrogens is 4. The number of H-pyrrole nitrogens is 1. The van der Waals surface area contributed by atoms with Crippen molar-refractivity contribution in [2.24, 2.45) is 0 Å². The molecule has 4 aromatic rings. The van der Waals surface area contributed by atoms with E-state index in [4.69, 9.17) is 4.52 Å². The van der Waals surface area contributed by atoms with Gasteiger partial charge in [-0.25, -0.2) is 4.79 Å². The van der Waals surface area contributed by atoms with Gasteiger partial charge in [0.05, 0.1) is 16.8 Å². The van der Waals surface area contributed by atoms with Crippen LogP contribution in [-0.2, 0) is 6.42 Å². The molecule has 0 saturated carbocycles. The molecule has 0 bridgehead atoms. The van der Waals surface area contributed by atoms with Gasteiger partial charge in [-0.3, -0.25) is 19.1 Å². The molecule has 3 heterocycles. The van der Waals surface area contributed by atoms with E-state index < -0.39 is 0 Å². The number of hydrogen-bond donors (Lipinski definition) is 1. The second-order valence-corrected chi connectivity index (χ2v) is 7.19. The molecule has 2 aromatic carbocycles. The molecule has 0 aliphatic carbocycles. The summed E-state index contributed by atoms with van der Waals surface area (Å²) in [7, 11) is 0. The van der Waals surface area contributed by atoms with Crippen molar-refractivity contribution >= 4 is 11.8 Å². The number of aryl methyl sites for hydroxylation is 1. The minimum Gasteiger partial charge on any atom is -0.339 e. The first-order valence-corrected chi connectivity index (χ1v) is 9.68. The third kappa shape index (κ3) is 3.16. The van der Waals surface area contributed by atoms with Gasteiger partial charge in [-0.1, -0.05) is 29.4 Å². The largest absolute Gasteiger partial charge is 0.339 e. The first-order chi connectivity index (χ1) is 15.0. The Morgan fingerprint density at radius 3 is 2.42 bits per heavy atom. The Hall–Kier alpha value is -4.27. The van der Waals surface area contributed by atoms with Crippen LogP contribution >= 0.6 is 0 Å². The van der Waals surface area contributed by atoms with Gasteiger partial charge in [0, 0.05) is 30.4 Å². The van der Waals surface area contributed by atoms with E-state index in [2.05, 4.69) is 15.1 Å². The highest BCUT2D eigenvalue weighted by Gasteiger charge is 2.34. The monoisotopic (exact) mass is 415 g/mol. The van der Waals surface area contributed by atoms with Crippen LogP contribution in [0, 0.1) is 6.92 Å². The number of amides is 2. The van der Waals surface area contributed by atoms with E-state index in [1.807, 2.05) is 19.1 Å². The maximum Gasteiger partial charge on any atom is 0.330 e. The maximum atomic E-state index is 12.5. The van der Waals surface area contributed by atoms with Gasteiger partial charge in [0.1, 0.15) is 0 Å². The Balaban J connectivity index is 1.34. The molecule has 2 aromatic heterocycles. The lowest BCUT2D eigenvalue weighted by Crippen LogP contribution is -2.31. The van der Waals surface area contributed by atoms with E-state index in [0.29, 0.717) is 34.1 Å². The van der Waals surface area contributed by atoms with Crippen LogP contribution < -0.4 is 5.69 Å². The van der Waals surface area contributed by atoms with Crippen molar-refractivity contribution < 1.29 is 14.1 Å². The van der Waals surface area contributed by atoms with Crippen LogP contribution in [0.15, 0.2) is 64.0 Å². The molecule has 9 heteroatoms. The highest BCUT2D eigenvalue weighted by atomic mass is 16.5. The molecule has 0 spiro atoms. The zero-order valence-electron chi connectivity index (χ0n) is 16.5. The van der Waals surface area contributed by atoms with Gasteiger partial charge < -0.3 is 9.51 Å². The average molecular weight is 415 g/mol. The topological polar surface area (TPSA) is 114 Å². The first-order valence-electron chi connectivity index (χ1n) is 9.68. The second-order valence-electron chi connectivity index (χ2n) is 7.19. The lowest BCUT2D eigenvalue weighted by atomic mass is 10.1. The van der Waals surface area contributed by atoms with Gasteiger partial charge in [-0.2, -0.15) is 4.98 Å². The van der Waals surface area contributed by atoms with Gasteiger partial charge in [-0.15, -0.1) is 0 Å². The van der Waals surface area contributed by atoms with Crippen molar-refractivity contribution in [3.63, 3.8) is 0 Å². The standard InChI is InChI=1S/C22H17N5O4/c1-13-12-23-22(30)27(13)15-6-4-5-14(11-15)19-24-18(31-25-19)9-10-26-20(28)16-7-2-3-8-17(16)21(26)29/h2-8,11-12H,9-10H2,1H3,(H,23,30). The number of carbonyl (C=O) groups is 2. The molecule has 0 unspecified atom stereocenters. The van der Waals surface area contributed by atoms with E-state index >= 15 is 0 Å². The smallest absolute Gasteiger partial charge is 0.330 e. The molecule has 31 heavy (non-hydrogen) atoms. The van der Waals surface area contributed by atoms with Crippen LogP contribution in [0.1, 0.15) is 32.3 Å². The van der Waals surface area contributed by atoms with Crippen LogP contribution in [0.3, 0.4) is 0 Å². The summed E-state index contributed by atoms with van der Waals surface area (Å²) in [5.41, 5.74) is 2.72. The number of carbonyl (C=O) groups excluding carboxylic acids is 2. The van der Waals surface area contributed by atoms with Gasteiger partial charge in [0.25, 0.3) is 11.8 Å². The molecule has 1 aliphatic rings. The molecule has 2 amide bonds. The van der Waals surface area contributed by atoms with E-state index in [1.165, 1.54) is 4.90 Å². The summed E-state index contributed by atoms with van der Waals surface area (Å²) >= 11 is 0. The summed E-state index contributed by atoms with van der Waals surface area (Å²) in [5, 5.41) is 4.01. The number of benzene rings is 2. The highest BCUT2D eigenvalue weighted by Crippen LogP contribution is 2.23. The zero-order chi connectivity index (χ0) is 21.5. The van der Waals surface area contributed by atoms with Crippen molar-refractivity contribution in [1.29, 1.82) is 0 Å². The van der Waals surface area contributed by atoms with Crippen molar-refractivity contribution in [2.75, 3.05) is 6.54 Å². The normalized spacial score (nSPS) is 13.1. The Morgan fingerprint density at radius 2 is 1.74 bits per heavy atom. The highest BCUT2D eigenvalue weighted by molar-refractivity contribution is 6.21. The fourth-order valence-electron chi connectivity index (χ4n) is 3.68. The molecule has 5 rings (SSSR count). The number of nitrogens with one attached hydrogen (secondary N) is 1. The van der Waals surface area contributed by atoms with Crippen LogP contribution in [0.2, 0.25) is 0 Å². The molecule has 0 saturated heterocycles. The molecule has 0 radical (unpaired) electrons. The van der Waals surface area contributed by atoms with Crippen LogP contribution in [0.25, 0.3) is 17.1 Å². The Kier molecular flexibility index (Phi) is 4.36.